The van der Waals surface area contributed by atoms with Crippen LogP contribution in [0.5, 0.6) is 0 Å². The normalized spacial score (nSPS) is 9.25. The maximum Gasteiger partial charge on any atom is 0.678 e. The number of hydrogen-bond acceptors (Lipinski definition) is 8. The molecular formula is C20H66BO8Si3. The highest BCUT2D eigenvalue weighted by atomic mass is 28.4. The highest BCUT2D eigenvalue weighted by molar-refractivity contribution is 7.16. The molecular weight excluding hydrogens is 463 g/mol. The molecule has 8 nitrogen and oxygen atoms in total. The summed E-state index contributed by atoms with van der Waals surface area (Å²) in [5.41, 5.74) is 0. The molecule has 0 heterocycles. The van der Waals surface area contributed by atoms with Gasteiger partial charge in [-0.25, -0.2) is 0 Å². The van der Waals surface area contributed by atoms with E-state index in [0.29, 0.717) is 0 Å². The molecule has 0 bridgehead atoms. The molecule has 0 N–H and O–H groups in total. The predicted octanol–water partition coefficient (Wildman–Crippen LogP) is 6.43. The van der Waals surface area contributed by atoms with Gasteiger partial charge in [0, 0.05) is 56.9 Å². The van der Waals surface area contributed by atoms with Crippen molar-refractivity contribution >= 4 is 32.9 Å². The van der Waals surface area contributed by atoms with Crippen molar-refractivity contribution in [2.75, 3.05) is 56.9 Å². The van der Waals surface area contributed by atoms with Crippen LogP contribution in [0.15, 0.2) is 0 Å². The van der Waals surface area contributed by atoms with Crippen LogP contribution < -0.4 is 0 Å². The van der Waals surface area contributed by atoms with Crippen LogP contribution in [0.2, 0.25) is 26.0 Å². The first kappa shape index (κ1) is 63.7. The summed E-state index contributed by atoms with van der Waals surface area (Å²) in [5, 5.41) is 0. The lowest BCUT2D eigenvalue weighted by molar-refractivity contribution is 0.0226. The summed E-state index contributed by atoms with van der Waals surface area (Å²) in [6, 6.07) is 1.01. The van der Waals surface area contributed by atoms with E-state index in [-0.39, 0.29) is 52.0 Å². The van der Waals surface area contributed by atoms with Crippen LogP contribution in [-0.4, -0.2) is 89.8 Å². The molecule has 0 aromatic rings. The minimum atomic E-state index is -2.69. The second-order valence-electron chi connectivity index (χ2n) is 4.92. The Labute approximate surface area is 210 Å². The van der Waals surface area contributed by atoms with Gasteiger partial charge in [0.15, 0.2) is 6.87 Å². The minimum Gasteiger partial charge on any atom is -0.403 e. The molecule has 0 aliphatic carbocycles. The average molecular weight is 530 g/mol. The van der Waals surface area contributed by atoms with E-state index in [1.165, 1.54) is 28.4 Å². The summed E-state index contributed by atoms with van der Waals surface area (Å²) in [5.74, 6) is 0. The van der Waals surface area contributed by atoms with Gasteiger partial charge in [0.25, 0.3) is 8.43 Å². The standard InChI is InChI=1S/C5H14O2Si.C4H12BO2Si.C4H12O4Si.7CH4/c2*1-5-8(4,6-2)7-3;1-5-9(6-2,7-3)8-4;;;;;;;/h5H2,1-4H3;1-4H3;1-4H3;7*1H4. The summed E-state index contributed by atoms with van der Waals surface area (Å²) in [6.45, 7) is 10.1. The molecule has 12 heteroatoms. The monoisotopic (exact) mass is 529 g/mol. The Kier molecular flexibility index (Phi) is 71.6. The summed E-state index contributed by atoms with van der Waals surface area (Å²) >= 11 is 0. The Hall–Kier alpha value is 0.396. The zero-order chi connectivity index (χ0) is 20.6. The Balaban J connectivity index is -0.0000000256. The van der Waals surface area contributed by atoms with Crippen molar-refractivity contribution in [2.45, 2.75) is 84.9 Å². The molecule has 1 radical (unpaired) electrons. The average Bonchev–Trinajstić information content (AvgIpc) is 2.70. The summed E-state index contributed by atoms with van der Waals surface area (Å²) in [7, 11) is 6.56. The lowest BCUT2D eigenvalue weighted by Gasteiger charge is -2.20. The van der Waals surface area contributed by atoms with E-state index in [2.05, 4.69) is 6.92 Å². The third-order valence-corrected chi connectivity index (χ3v) is 11.5. The Morgan fingerprint density at radius 2 is 0.750 bits per heavy atom. The van der Waals surface area contributed by atoms with Crippen LogP contribution in [-0.2, 0) is 35.4 Å². The molecule has 0 atom stereocenters. The molecule has 0 saturated heterocycles. The van der Waals surface area contributed by atoms with Crippen LogP contribution in [0.3, 0.4) is 0 Å². The van der Waals surface area contributed by atoms with Gasteiger partial charge in [-0.15, -0.1) is 0 Å². The molecule has 0 spiro atoms. The molecule has 32 heavy (non-hydrogen) atoms. The van der Waals surface area contributed by atoms with E-state index in [1.54, 1.807) is 28.4 Å². The molecule has 0 rings (SSSR count). The quantitative estimate of drug-likeness (QED) is 0.300. The maximum absolute atomic E-state index is 5.15. The van der Waals surface area contributed by atoms with Crippen molar-refractivity contribution < 1.29 is 35.4 Å². The van der Waals surface area contributed by atoms with Gasteiger partial charge >= 0.3 is 17.6 Å². The SMILES string of the molecule is C.C.C.C.C.C.C.CC[Si](C)(OC)OC.CO[Si](OC)(OC)OC.C[B][Si](C)(OC)OC. The second kappa shape index (κ2) is 36.0. The van der Waals surface area contributed by atoms with Gasteiger partial charge in [0.2, 0.25) is 0 Å². The van der Waals surface area contributed by atoms with E-state index in [4.69, 9.17) is 35.4 Å². The van der Waals surface area contributed by atoms with Crippen molar-refractivity contribution in [3.05, 3.63) is 0 Å². The molecule has 0 aromatic carbocycles. The number of rotatable bonds is 10. The van der Waals surface area contributed by atoms with Crippen LogP contribution in [0.25, 0.3) is 0 Å². The summed E-state index contributed by atoms with van der Waals surface area (Å²) in [4.78, 5) is 0. The molecule has 0 aliphatic heterocycles. The third-order valence-electron chi connectivity index (χ3n) is 3.84. The van der Waals surface area contributed by atoms with Crippen molar-refractivity contribution in [1.82, 2.24) is 0 Å². The smallest absolute Gasteiger partial charge is 0.403 e. The van der Waals surface area contributed by atoms with Crippen molar-refractivity contribution in [2.24, 2.45) is 0 Å². The molecule has 0 amide bonds. The first-order chi connectivity index (χ1) is 11.6. The predicted molar refractivity (Wildman–Crippen MR) is 154 cm³/mol. The first-order valence-electron chi connectivity index (χ1n) is 7.83. The minimum absolute atomic E-state index is 0. The zero-order valence-corrected chi connectivity index (χ0v) is 21.1. The van der Waals surface area contributed by atoms with Crippen LogP contribution >= 0.6 is 0 Å². The lowest BCUT2D eigenvalue weighted by Crippen LogP contribution is -2.45. The van der Waals surface area contributed by atoms with Gasteiger partial charge in [-0.2, -0.15) is 0 Å². The Bertz CT molecular complexity index is 244. The fraction of sp³-hybridized carbons (Fsp3) is 1.00. The molecule has 0 aliphatic rings. The Morgan fingerprint density at radius 3 is 0.750 bits per heavy atom. The lowest BCUT2D eigenvalue weighted by atomic mass is 10.2. The first-order valence-corrected chi connectivity index (χ1v) is 14.4. The molecule has 0 unspecified atom stereocenters. The van der Waals surface area contributed by atoms with Gasteiger partial charge < -0.3 is 35.4 Å². The van der Waals surface area contributed by atoms with Gasteiger partial charge in [-0.1, -0.05) is 65.7 Å². The van der Waals surface area contributed by atoms with E-state index in [0.717, 1.165) is 6.04 Å². The summed E-state index contributed by atoms with van der Waals surface area (Å²) in [6.07, 6.45) is 0. The Morgan fingerprint density at radius 1 is 0.500 bits per heavy atom. The van der Waals surface area contributed by atoms with Gasteiger partial charge in [-0.05, 0) is 19.1 Å². The highest BCUT2D eigenvalue weighted by Gasteiger charge is 2.40. The molecule has 0 aromatic heterocycles. The van der Waals surface area contributed by atoms with Gasteiger partial charge in [0.05, 0.1) is 0 Å². The summed E-state index contributed by atoms with van der Waals surface area (Å²) < 4.78 is 39.9. The topological polar surface area (TPSA) is 73.8 Å². The van der Waals surface area contributed by atoms with E-state index < -0.39 is 26.0 Å². The highest BCUT2D eigenvalue weighted by Crippen LogP contribution is 2.08. The largest absolute Gasteiger partial charge is 0.678 e. The van der Waals surface area contributed by atoms with Crippen LogP contribution in [0.1, 0.15) is 58.9 Å². The van der Waals surface area contributed by atoms with E-state index in [1.807, 2.05) is 26.8 Å². The second-order valence-corrected chi connectivity index (χ2v) is 14.8. The molecule has 209 valence electrons. The van der Waals surface area contributed by atoms with Gasteiger partial charge in [-0.3, -0.25) is 0 Å². The van der Waals surface area contributed by atoms with Crippen molar-refractivity contribution in [1.29, 1.82) is 0 Å². The van der Waals surface area contributed by atoms with E-state index in [9.17, 15) is 0 Å². The van der Waals surface area contributed by atoms with E-state index >= 15 is 0 Å². The zero-order valence-electron chi connectivity index (χ0n) is 18.1. The van der Waals surface area contributed by atoms with Crippen LogP contribution in [0.4, 0.5) is 0 Å². The number of hydrogen-bond donors (Lipinski definition) is 0. The van der Waals surface area contributed by atoms with Crippen LogP contribution in [0, 0.1) is 0 Å². The molecule has 0 fully saturated rings. The fourth-order valence-corrected chi connectivity index (χ4v) is 3.57. The van der Waals surface area contributed by atoms with Crippen molar-refractivity contribution in [3.63, 3.8) is 0 Å². The van der Waals surface area contributed by atoms with Crippen molar-refractivity contribution in [3.8, 4) is 0 Å². The third kappa shape index (κ3) is 28.4. The molecule has 0 saturated carbocycles. The maximum atomic E-state index is 5.15. The van der Waals surface area contributed by atoms with Gasteiger partial charge in [0.1, 0.15) is 0 Å². The fourth-order valence-electron chi connectivity index (χ4n) is 1.19.